The molecule has 0 aromatic carbocycles. The summed E-state index contributed by atoms with van der Waals surface area (Å²) in [5.74, 6) is 0.0565. The maximum absolute atomic E-state index is 12.8. The Morgan fingerprint density at radius 2 is 0.889 bits per heavy atom. The second kappa shape index (κ2) is 15.3. The fourth-order valence-corrected chi connectivity index (χ4v) is 12.5. The van der Waals surface area contributed by atoms with Gasteiger partial charge in [0, 0.05) is 26.5 Å². The number of likely N-dealkylation sites (N-methyl/N-ethyl adjacent to an activating group) is 1. The van der Waals surface area contributed by atoms with Crippen molar-refractivity contribution in [2.75, 3.05) is 7.05 Å². The quantitative estimate of drug-likeness (QED) is 0.101. The van der Waals surface area contributed by atoms with Crippen LogP contribution in [0.1, 0.15) is 79.1 Å². The van der Waals surface area contributed by atoms with Crippen LogP contribution in [0.25, 0.3) is 0 Å². The minimum absolute atomic E-state index is 0. The van der Waals surface area contributed by atoms with Gasteiger partial charge in [0.2, 0.25) is 0 Å². The molecule has 0 aromatic heterocycles. The van der Waals surface area contributed by atoms with Gasteiger partial charge in [-0.1, -0.05) is 67.8 Å². The van der Waals surface area contributed by atoms with Gasteiger partial charge in [0.05, 0.1) is 10.6 Å². The Bertz CT molecular complexity index is 754. The molecule has 1 radical (unpaired) electrons. The van der Waals surface area contributed by atoms with Gasteiger partial charge >= 0.3 is 7.25 Å². The second-order valence-corrected chi connectivity index (χ2v) is 15.9. The second-order valence-electron chi connectivity index (χ2n) is 9.82. The number of allylic oxidation sites excluding steroid dienone is 4. The summed E-state index contributed by atoms with van der Waals surface area (Å²) in [6, 6.07) is 0. The van der Waals surface area contributed by atoms with Crippen LogP contribution in [-0.4, -0.2) is 53.7 Å². The molecule has 0 N–H and O–H groups in total. The number of hydrogen-bond donors (Lipinski definition) is 0. The van der Waals surface area contributed by atoms with Gasteiger partial charge in [-0.3, -0.25) is 14.5 Å². The molecular weight excluding hydrogens is 598 g/mol. The van der Waals surface area contributed by atoms with Gasteiger partial charge in [0.25, 0.3) is 11.8 Å². The number of rotatable bonds is 2. The summed E-state index contributed by atoms with van der Waals surface area (Å²) < 4.78 is 39.0. The van der Waals surface area contributed by atoms with Crippen LogP contribution in [0.15, 0.2) is 34.9 Å². The van der Waals surface area contributed by atoms with Crippen molar-refractivity contribution >= 4 is 34.9 Å². The number of imide groups is 1. The number of halogens is 4. The monoisotopic (exact) mass is 637 g/mol. The molecule has 0 unspecified atom stereocenters. The van der Waals surface area contributed by atoms with Gasteiger partial charge in [-0.05, 0) is 74.0 Å². The van der Waals surface area contributed by atoms with E-state index in [0.717, 1.165) is 10.6 Å². The summed E-state index contributed by atoms with van der Waals surface area (Å²) in [5, 5.41) is 1.96. The zero-order valence-corrected chi connectivity index (χ0v) is 25.3. The van der Waals surface area contributed by atoms with Gasteiger partial charge in [0.15, 0.2) is 0 Å². The van der Waals surface area contributed by atoms with Crippen LogP contribution in [0.2, 0.25) is 0 Å². The van der Waals surface area contributed by atoms with E-state index in [2.05, 4.69) is 52.0 Å². The first-order chi connectivity index (χ1) is 16.3. The van der Waals surface area contributed by atoms with E-state index < -0.39 is 23.1 Å². The summed E-state index contributed by atoms with van der Waals surface area (Å²) in [4.78, 5) is 27.1. The molecule has 4 rings (SSSR count). The Morgan fingerprint density at radius 3 is 1.11 bits per heavy atom. The van der Waals surface area contributed by atoms with Gasteiger partial charge < -0.3 is 17.3 Å². The van der Waals surface area contributed by atoms with Crippen LogP contribution in [0.3, 0.4) is 0 Å². The molecule has 2 fully saturated rings. The molecule has 11 heteroatoms. The molecule has 0 saturated carbocycles. The van der Waals surface area contributed by atoms with E-state index in [-0.39, 0.29) is 31.3 Å². The molecule has 3 heterocycles. The van der Waals surface area contributed by atoms with Crippen molar-refractivity contribution in [3.63, 3.8) is 0 Å². The van der Waals surface area contributed by atoms with E-state index in [0.29, 0.717) is 22.6 Å². The zero-order valence-electron chi connectivity index (χ0n) is 21.9. The third-order valence-electron chi connectivity index (χ3n) is 6.99. The minimum atomic E-state index is -6.00. The summed E-state index contributed by atoms with van der Waals surface area (Å²) in [6.07, 6.45) is 18.8. The third-order valence-corrected chi connectivity index (χ3v) is 13.9. The smallest absolute Gasteiger partial charge is 0.418 e. The van der Waals surface area contributed by atoms with Crippen molar-refractivity contribution in [1.29, 1.82) is 0 Å². The van der Waals surface area contributed by atoms with Crippen LogP contribution >= 0.6 is 15.8 Å². The number of hydrogen-bond acceptors (Lipinski definition) is 2. The normalized spacial score (nSPS) is 30.2. The van der Waals surface area contributed by atoms with Gasteiger partial charge in [-0.2, -0.15) is 0 Å². The molecule has 2 saturated heterocycles. The van der Waals surface area contributed by atoms with Crippen LogP contribution in [0.5, 0.6) is 0 Å². The SMILES string of the molecule is C1=CCC/C=C\CC1.C[C@H]1CC[C@H](C)P1C1=C(P2[C@@H](C)CC[C@@H]2C)C(=O)N(C)C1=O.F[B-](F)(F)F.[Rh]. The van der Waals surface area contributed by atoms with E-state index in [1.807, 2.05) is 0 Å². The zero-order chi connectivity index (χ0) is 26.3. The number of carbonyl (C=O) groups is 2. The van der Waals surface area contributed by atoms with Crippen molar-refractivity contribution in [2.24, 2.45) is 0 Å². The van der Waals surface area contributed by atoms with Crippen molar-refractivity contribution < 1.29 is 46.3 Å². The minimum Gasteiger partial charge on any atom is -0.418 e. The van der Waals surface area contributed by atoms with Crippen molar-refractivity contribution in [3.8, 4) is 0 Å². The number of nitrogens with zero attached hydrogens (tertiary/aromatic N) is 1. The van der Waals surface area contributed by atoms with E-state index >= 15 is 0 Å². The van der Waals surface area contributed by atoms with Gasteiger partial charge in [-0.15, -0.1) is 0 Å². The molecule has 36 heavy (non-hydrogen) atoms. The van der Waals surface area contributed by atoms with E-state index in [9.17, 15) is 26.9 Å². The summed E-state index contributed by atoms with van der Waals surface area (Å²) in [5.41, 5.74) is 2.34. The van der Waals surface area contributed by atoms with Crippen molar-refractivity contribution in [1.82, 2.24) is 4.90 Å². The van der Waals surface area contributed by atoms with Crippen LogP contribution < -0.4 is 0 Å². The molecule has 3 nitrogen and oxygen atoms in total. The van der Waals surface area contributed by atoms with Gasteiger partial charge in [0.1, 0.15) is 0 Å². The summed E-state index contributed by atoms with van der Waals surface area (Å²) in [7, 11) is -5.26. The number of carbonyl (C=O) groups excluding carboxylic acids is 2. The third kappa shape index (κ3) is 9.43. The van der Waals surface area contributed by atoms with Crippen molar-refractivity contribution in [3.05, 3.63) is 34.9 Å². The fraction of sp³-hybridized carbons (Fsp3) is 0.680. The Morgan fingerprint density at radius 1 is 0.667 bits per heavy atom. The summed E-state index contributed by atoms with van der Waals surface area (Å²) >= 11 is 0. The Kier molecular flexibility index (Phi) is 14.3. The topological polar surface area (TPSA) is 37.4 Å². The largest absolute Gasteiger partial charge is 0.673 e. The molecule has 0 spiro atoms. The average Bonchev–Trinajstić information content (AvgIpc) is 3.30. The fourth-order valence-electron chi connectivity index (χ4n) is 5.21. The first-order valence-corrected chi connectivity index (χ1v) is 15.6. The van der Waals surface area contributed by atoms with E-state index in [1.54, 1.807) is 7.05 Å². The Labute approximate surface area is 229 Å². The molecule has 0 aromatic rings. The molecule has 207 valence electrons. The first kappa shape index (κ1) is 33.7. The molecule has 4 atom stereocenters. The molecule has 3 aliphatic heterocycles. The molecule has 0 bridgehead atoms. The maximum Gasteiger partial charge on any atom is 0.673 e. The Hall–Kier alpha value is -0.372. The van der Waals surface area contributed by atoms with Crippen molar-refractivity contribution in [2.45, 2.75) is 102 Å². The van der Waals surface area contributed by atoms with E-state index in [4.69, 9.17) is 0 Å². The molecular formula is C25H39BF4NO2P2Rh-. The first-order valence-electron chi connectivity index (χ1n) is 12.6. The molecule has 4 aliphatic rings. The van der Waals surface area contributed by atoms with Crippen LogP contribution in [0.4, 0.5) is 17.3 Å². The predicted molar refractivity (Wildman–Crippen MR) is 142 cm³/mol. The molecule has 1 aliphatic carbocycles. The average molecular weight is 637 g/mol. The van der Waals surface area contributed by atoms with Crippen LogP contribution in [0, 0.1) is 0 Å². The Balaban J connectivity index is 0.000000383. The van der Waals surface area contributed by atoms with E-state index in [1.165, 1.54) is 56.3 Å². The molecule has 2 amide bonds. The maximum atomic E-state index is 12.8. The predicted octanol–water partition coefficient (Wildman–Crippen LogP) is 8.27. The summed E-state index contributed by atoms with van der Waals surface area (Å²) in [6.45, 7) is 9.13. The van der Waals surface area contributed by atoms with Crippen LogP contribution in [-0.2, 0) is 29.1 Å². The van der Waals surface area contributed by atoms with Gasteiger partial charge in [-0.25, -0.2) is 0 Å². The number of amides is 2. The standard InChI is InChI=1S/C17H27NO2P2.C8H12.BF4.Rh/c1-10-6-7-11(2)21(10)14-15(17(20)18(5)16(14)19)22-12(3)8-9-13(22)4;1-2-4-6-8-7-5-3-1;2-1(3,4)5;/h10-13H,6-9H2,1-5H3;1-2,7-8H,3-6H2;;/q;;-1;/b;2-1-,8-7?;;/t10-,11-,12-,13-;;;/m0.../s1.